The van der Waals surface area contributed by atoms with Crippen LogP contribution in [0.3, 0.4) is 0 Å². The Hall–Kier alpha value is -1.11. The van der Waals surface area contributed by atoms with Crippen LogP contribution >= 0.6 is 0 Å². The molecule has 1 heteroatoms. The molecule has 0 fully saturated rings. The largest absolute Gasteiger partial charge is 0.265 e. The number of nitrogens with zero attached hydrogens (tertiary/aromatic N) is 1. The quantitative estimate of drug-likeness (QED) is 0.430. The number of hydrogen-bond donors (Lipinski definition) is 0. The van der Waals surface area contributed by atoms with E-state index in [1.165, 1.54) is 11.8 Å². The predicted molar refractivity (Wildman–Crippen MR) is 51.8 cm³/mol. The SMILES string of the molecule is C=CN=C/C=C(\C=C)C(C)C. The standard InChI is InChI=1S/C10H15N/c1-5-10(9(3)4)7-8-11-6-2/h5-9H,1-2H2,3-4H3/b10-7+,11-8?. The average Bonchev–Trinajstić information content (AvgIpc) is 1.97. The van der Waals surface area contributed by atoms with E-state index in [0.29, 0.717) is 5.92 Å². The maximum atomic E-state index is 3.86. The highest BCUT2D eigenvalue weighted by Gasteiger charge is 1.94. The molecular weight excluding hydrogens is 134 g/mol. The van der Waals surface area contributed by atoms with Gasteiger partial charge in [-0.2, -0.15) is 0 Å². The van der Waals surface area contributed by atoms with Gasteiger partial charge in [-0.3, -0.25) is 4.99 Å². The second-order valence-electron chi connectivity index (χ2n) is 2.51. The van der Waals surface area contributed by atoms with E-state index in [4.69, 9.17) is 0 Å². The van der Waals surface area contributed by atoms with Gasteiger partial charge in [-0.25, -0.2) is 0 Å². The molecule has 11 heavy (non-hydrogen) atoms. The monoisotopic (exact) mass is 149 g/mol. The van der Waals surface area contributed by atoms with Gasteiger partial charge >= 0.3 is 0 Å². The van der Waals surface area contributed by atoms with E-state index in [1.807, 2.05) is 12.2 Å². The Kier molecular flexibility index (Phi) is 5.09. The molecule has 0 N–H and O–H groups in total. The molecule has 0 saturated carbocycles. The molecule has 0 spiro atoms. The fourth-order valence-corrected chi connectivity index (χ4v) is 0.686. The van der Waals surface area contributed by atoms with Crippen LogP contribution in [0.2, 0.25) is 0 Å². The summed E-state index contributed by atoms with van der Waals surface area (Å²) < 4.78 is 0. The molecule has 0 amide bonds. The maximum absolute atomic E-state index is 3.86. The van der Waals surface area contributed by atoms with Gasteiger partial charge in [0.15, 0.2) is 0 Å². The van der Waals surface area contributed by atoms with Crippen molar-refractivity contribution in [1.29, 1.82) is 0 Å². The van der Waals surface area contributed by atoms with Gasteiger partial charge < -0.3 is 0 Å². The molecular formula is C10H15N. The Morgan fingerprint density at radius 3 is 2.36 bits per heavy atom. The van der Waals surface area contributed by atoms with Gasteiger partial charge in [-0.1, -0.05) is 33.1 Å². The number of hydrogen-bond acceptors (Lipinski definition) is 1. The van der Waals surface area contributed by atoms with Crippen LogP contribution < -0.4 is 0 Å². The summed E-state index contributed by atoms with van der Waals surface area (Å²) in [4.78, 5) is 3.86. The minimum Gasteiger partial charge on any atom is -0.265 e. The van der Waals surface area contributed by atoms with Gasteiger partial charge in [0.1, 0.15) is 0 Å². The van der Waals surface area contributed by atoms with Crippen LogP contribution in [0.4, 0.5) is 0 Å². The molecule has 1 nitrogen and oxygen atoms in total. The lowest BCUT2D eigenvalue weighted by molar-refractivity contribution is 0.794. The minimum absolute atomic E-state index is 0.503. The van der Waals surface area contributed by atoms with Crippen LogP contribution in [0.5, 0.6) is 0 Å². The Labute approximate surface area is 68.9 Å². The van der Waals surface area contributed by atoms with E-state index in [0.717, 1.165) is 0 Å². The van der Waals surface area contributed by atoms with Gasteiger partial charge in [0.25, 0.3) is 0 Å². The molecule has 0 aliphatic heterocycles. The Bertz CT molecular complexity index is 185. The zero-order chi connectivity index (χ0) is 8.69. The summed E-state index contributed by atoms with van der Waals surface area (Å²) in [5.41, 5.74) is 1.19. The molecule has 0 saturated heterocycles. The fraction of sp³-hybridized carbons (Fsp3) is 0.300. The summed E-state index contributed by atoms with van der Waals surface area (Å²) in [6.07, 6.45) is 7.03. The van der Waals surface area contributed by atoms with Crippen molar-refractivity contribution in [2.75, 3.05) is 0 Å². The number of aliphatic imine (C=N–C) groups is 1. The summed E-state index contributed by atoms with van der Waals surface area (Å²) in [5.74, 6) is 0.503. The maximum Gasteiger partial charge on any atom is 0.0270 e. The lowest BCUT2D eigenvalue weighted by Crippen LogP contribution is -1.89. The van der Waals surface area contributed by atoms with E-state index < -0.39 is 0 Å². The lowest BCUT2D eigenvalue weighted by atomic mass is 10.0. The van der Waals surface area contributed by atoms with Crippen molar-refractivity contribution < 1.29 is 0 Å². The zero-order valence-corrected chi connectivity index (χ0v) is 7.25. The van der Waals surface area contributed by atoms with Crippen molar-refractivity contribution in [2.24, 2.45) is 10.9 Å². The third kappa shape index (κ3) is 4.31. The summed E-state index contributed by atoms with van der Waals surface area (Å²) in [7, 11) is 0. The smallest absolute Gasteiger partial charge is 0.0270 e. The van der Waals surface area contributed by atoms with Crippen molar-refractivity contribution in [3.05, 3.63) is 37.1 Å². The van der Waals surface area contributed by atoms with Gasteiger partial charge in [0.2, 0.25) is 0 Å². The van der Waals surface area contributed by atoms with E-state index in [9.17, 15) is 0 Å². The lowest BCUT2D eigenvalue weighted by Gasteiger charge is -2.02. The summed E-state index contributed by atoms with van der Waals surface area (Å²) in [5, 5.41) is 0. The third-order valence-electron chi connectivity index (χ3n) is 1.36. The summed E-state index contributed by atoms with van der Waals surface area (Å²) >= 11 is 0. The van der Waals surface area contributed by atoms with Crippen molar-refractivity contribution in [1.82, 2.24) is 0 Å². The van der Waals surface area contributed by atoms with Crippen LogP contribution in [0.1, 0.15) is 13.8 Å². The molecule has 0 aromatic heterocycles. The predicted octanol–water partition coefficient (Wildman–Crippen LogP) is 2.97. The first-order valence-electron chi connectivity index (χ1n) is 3.69. The number of rotatable bonds is 4. The molecule has 0 aromatic rings. The molecule has 0 heterocycles. The van der Waals surface area contributed by atoms with Crippen molar-refractivity contribution in [2.45, 2.75) is 13.8 Å². The molecule has 0 aromatic carbocycles. The van der Waals surface area contributed by atoms with E-state index in [2.05, 4.69) is 32.0 Å². The fourth-order valence-electron chi connectivity index (χ4n) is 0.686. The Balaban J connectivity index is 4.23. The first-order valence-corrected chi connectivity index (χ1v) is 3.69. The van der Waals surface area contributed by atoms with Gasteiger partial charge in [-0.15, -0.1) is 0 Å². The third-order valence-corrected chi connectivity index (χ3v) is 1.36. The van der Waals surface area contributed by atoms with Crippen molar-refractivity contribution in [3.8, 4) is 0 Å². The molecule has 0 rings (SSSR count). The molecule has 0 radical (unpaired) electrons. The zero-order valence-electron chi connectivity index (χ0n) is 7.25. The second-order valence-corrected chi connectivity index (χ2v) is 2.51. The summed E-state index contributed by atoms with van der Waals surface area (Å²) in [6, 6.07) is 0. The van der Waals surface area contributed by atoms with Gasteiger partial charge in [0, 0.05) is 12.4 Å². The first kappa shape index (κ1) is 9.89. The average molecular weight is 149 g/mol. The molecule has 0 bridgehead atoms. The van der Waals surface area contributed by atoms with E-state index >= 15 is 0 Å². The van der Waals surface area contributed by atoms with Crippen LogP contribution in [0.25, 0.3) is 0 Å². The molecule has 0 unspecified atom stereocenters. The van der Waals surface area contributed by atoms with Crippen LogP contribution in [0, 0.1) is 5.92 Å². The highest BCUT2D eigenvalue weighted by Crippen LogP contribution is 2.08. The Morgan fingerprint density at radius 2 is 2.00 bits per heavy atom. The highest BCUT2D eigenvalue weighted by molar-refractivity contribution is 5.73. The van der Waals surface area contributed by atoms with Crippen molar-refractivity contribution >= 4 is 6.21 Å². The first-order chi connectivity index (χ1) is 5.22. The van der Waals surface area contributed by atoms with Crippen LogP contribution in [-0.2, 0) is 0 Å². The van der Waals surface area contributed by atoms with Crippen molar-refractivity contribution in [3.63, 3.8) is 0 Å². The normalized spacial score (nSPS) is 12.5. The number of allylic oxidation sites excluding steroid dienone is 3. The van der Waals surface area contributed by atoms with Crippen LogP contribution in [0.15, 0.2) is 42.1 Å². The summed E-state index contributed by atoms with van der Waals surface area (Å²) in [6.45, 7) is 11.4. The minimum atomic E-state index is 0.503. The molecule has 0 atom stereocenters. The molecule has 0 aliphatic carbocycles. The Morgan fingerprint density at radius 1 is 1.36 bits per heavy atom. The molecule has 60 valence electrons. The van der Waals surface area contributed by atoms with Gasteiger partial charge in [-0.05, 0) is 17.6 Å². The molecule has 0 aliphatic rings. The second kappa shape index (κ2) is 5.66. The van der Waals surface area contributed by atoms with Crippen LogP contribution in [-0.4, -0.2) is 6.21 Å². The van der Waals surface area contributed by atoms with E-state index in [-0.39, 0.29) is 0 Å². The highest BCUT2D eigenvalue weighted by atomic mass is 14.6. The van der Waals surface area contributed by atoms with Gasteiger partial charge in [0.05, 0.1) is 0 Å². The van der Waals surface area contributed by atoms with E-state index in [1.54, 1.807) is 6.21 Å². The topological polar surface area (TPSA) is 12.4 Å².